The molecule has 0 radical (unpaired) electrons. The summed E-state index contributed by atoms with van der Waals surface area (Å²) < 4.78 is 2.45. The Morgan fingerprint density at radius 1 is 0.368 bits per heavy atom. The summed E-state index contributed by atoms with van der Waals surface area (Å²) in [5, 5.41) is 5.06. The van der Waals surface area contributed by atoms with Gasteiger partial charge in [0.1, 0.15) is 0 Å². The van der Waals surface area contributed by atoms with E-state index < -0.39 is 0 Å². The van der Waals surface area contributed by atoms with Crippen LogP contribution in [0.4, 0.5) is 17.1 Å². The molecule has 0 unspecified atom stereocenters. The highest BCUT2D eigenvalue weighted by Crippen LogP contribution is 2.51. The number of aromatic nitrogens is 1. The maximum atomic E-state index is 2.45. The van der Waals surface area contributed by atoms with Crippen molar-refractivity contribution >= 4 is 49.6 Å². The number of fused-ring (bicyclic) bond motifs is 7. The second kappa shape index (κ2) is 13.0. The molecule has 0 atom stereocenters. The lowest BCUT2D eigenvalue weighted by Crippen LogP contribution is -2.15. The summed E-state index contributed by atoms with van der Waals surface area (Å²) in [5.41, 5.74) is 17.1. The summed E-state index contributed by atoms with van der Waals surface area (Å²) in [6.45, 7) is 4.72. The highest BCUT2D eigenvalue weighted by Gasteiger charge is 2.36. The Balaban J connectivity index is 1.02. The van der Waals surface area contributed by atoms with Crippen LogP contribution in [0.5, 0.6) is 0 Å². The summed E-state index contributed by atoms with van der Waals surface area (Å²) >= 11 is 0. The Labute approximate surface area is 333 Å². The van der Waals surface area contributed by atoms with E-state index in [0.29, 0.717) is 0 Å². The van der Waals surface area contributed by atoms with Crippen LogP contribution in [0, 0.1) is 0 Å². The summed E-state index contributed by atoms with van der Waals surface area (Å²) in [5.74, 6) is 0. The van der Waals surface area contributed by atoms with Crippen molar-refractivity contribution in [2.45, 2.75) is 19.3 Å². The molecule has 9 aromatic carbocycles. The molecule has 1 aliphatic carbocycles. The van der Waals surface area contributed by atoms with Crippen molar-refractivity contribution in [1.29, 1.82) is 0 Å². The van der Waals surface area contributed by atoms with E-state index in [4.69, 9.17) is 0 Å². The second-order valence-corrected chi connectivity index (χ2v) is 15.8. The maximum Gasteiger partial charge on any atom is 0.0544 e. The normalized spacial score (nSPS) is 12.9. The molecule has 2 heteroatoms. The predicted octanol–water partition coefficient (Wildman–Crippen LogP) is 15.0. The molecule has 0 saturated carbocycles. The lowest BCUT2D eigenvalue weighted by Gasteiger charge is -2.26. The quantitative estimate of drug-likeness (QED) is 0.165. The minimum Gasteiger partial charge on any atom is -0.311 e. The van der Waals surface area contributed by atoms with E-state index in [-0.39, 0.29) is 5.41 Å². The van der Waals surface area contributed by atoms with E-state index >= 15 is 0 Å². The second-order valence-electron chi connectivity index (χ2n) is 15.8. The fourth-order valence-corrected chi connectivity index (χ4v) is 9.24. The fourth-order valence-electron chi connectivity index (χ4n) is 9.24. The minimum absolute atomic E-state index is 0.0777. The van der Waals surface area contributed by atoms with Gasteiger partial charge < -0.3 is 9.47 Å². The minimum atomic E-state index is -0.0777. The average molecular weight is 729 g/mol. The van der Waals surface area contributed by atoms with Crippen molar-refractivity contribution in [3.8, 4) is 39.1 Å². The lowest BCUT2D eigenvalue weighted by molar-refractivity contribution is 0.661. The molecule has 0 N–H and O–H groups in total. The van der Waals surface area contributed by atoms with Crippen molar-refractivity contribution in [2.75, 3.05) is 4.90 Å². The van der Waals surface area contributed by atoms with Gasteiger partial charge in [0, 0.05) is 38.9 Å². The van der Waals surface area contributed by atoms with Crippen LogP contribution in [-0.4, -0.2) is 4.57 Å². The molecule has 0 amide bonds. The van der Waals surface area contributed by atoms with E-state index in [0.717, 1.165) is 22.7 Å². The molecule has 2 nitrogen and oxygen atoms in total. The van der Waals surface area contributed by atoms with Crippen LogP contribution in [0.1, 0.15) is 25.0 Å². The van der Waals surface area contributed by atoms with Crippen molar-refractivity contribution in [3.63, 3.8) is 0 Å². The van der Waals surface area contributed by atoms with Gasteiger partial charge in [-0.05, 0) is 128 Å². The van der Waals surface area contributed by atoms with E-state index in [9.17, 15) is 0 Å². The van der Waals surface area contributed by atoms with Gasteiger partial charge in [0.15, 0.2) is 0 Å². The molecule has 1 heterocycles. The van der Waals surface area contributed by atoms with Gasteiger partial charge in [-0.15, -0.1) is 0 Å². The number of para-hydroxylation sites is 1. The first-order chi connectivity index (χ1) is 28.0. The third-order valence-electron chi connectivity index (χ3n) is 12.2. The van der Waals surface area contributed by atoms with Crippen LogP contribution in [0.3, 0.4) is 0 Å². The highest BCUT2D eigenvalue weighted by atomic mass is 15.1. The average Bonchev–Trinajstić information content (AvgIpc) is 3.71. The molecular formula is C55H40N2. The zero-order valence-electron chi connectivity index (χ0n) is 32.0. The number of benzene rings is 9. The SMILES string of the molecule is CC1(C)c2ccccc2-c2cc3c4ccccc4n(-c4ccc(N(c5ccc(-c6ccccc6)cc5)c5ccc(-c6ccc7ccccc7c6)cc5)cc4)c3cc21. The van der Waals surface area contributed by atoms with Gasteiger partial charge in [0.05, 0.1) is 11.0 Å². The Bertz CT molecular complexity index is 3110. The van der Waals surface area contributed by atoms with Crippen molar-refractivity contribution in [1.82, 2.24) is 4.57 Å². The zero-order chi connectivity index (χ0) is 38.1. The van der Waals surface area contributed by atoms with E-state index in [2.05, 4.69) is 230 Å². The van der Waals surface area contributed by atoms with Crippen molar-refractivity contribution in [3.05, 3.63) is 217 Å². The van der Waals surface area contributed by atoms with Crippen LogP contribution in [0.15, 0.2) is 206 Å². The molecule has 1 aliphatic rings. The number of anilines is 3. The Hall–Kier alpha value is -7.16. The molecule has 10 aromatic rings. The van der Waals surface area contributed by atoms with Gasteiger partial charge in [-0.25, -0.2) is 0 Å². The monoisotopic (exact) mass is 728 g/mol. The van der Waals surface area contributed by atoms with Gasteiger partial charge in [0.2, 0.25) is 0 Å². The molecule has 0 bridgehead atoms. The first-order valence-corrected chi connectivity index (χ1v) is 19.8. The molecule has 11 rings (SSSR count). The third kappa shape index (κ3) is 5.40. The summed E-state index contributed by atoms with van der Waals surface area (Å²) in [6.07, 6.45) is 0. The molecule has 57 heavy (non-hydrogen) atoms. The molecule has 0 aliphatic heterocycles. The van der Waals surface area contributed by atoms with Gasteiger partial charge in [-0.3, -0.25) is 0 Å². The fraction of sp³-hybridized carbons (Fsp3) is 0.0545. The smallest absolute Gasteiger partial charge is 0.0544 e. The molecule has 0 fully saturated rings. The molecule has 0 spiro atoms. The topological polar surface area (TPSA) is 8.17 Å². The van der Waals surface area contributed by atoms with Crippen LogP contribution in [0.25, 0.3) is 71.6 Å². The van der Waals surface area contributed by atoms with Gasteiger partial charge in [-0.2, -0.15) is 0 Å². The standard InChI is InChI=1S/C55H40N2/c1-55(2)51-18-10-8-16-47(51)49-35-50-48-17-9-11-19-53(48)57(54(50)36-52(49)55)46-32-30-45(31-33-46)56(43-26-22-39(23-27-43)37-12-4-3-5-13-37)44-28-24-40(25-29-44)42-21-20-38-14-6-7-15-41(38)34-42/h3-36H,1-2H3. The Morgan fingerprint density at radius 2 is 0.930 bits per heavy atom. The third-order valence-corrected chi connectivity index (χ3v) is 12.2. The summed E-state index contributed by atoms with van der Waals surface area (Å²) in [4.78, 5) is 2.36. The molecule has 270 valence electrons. The van der Waals surface area contributed by atoms with Crippen molar-refractivity contribution in [2.24, 2.45) is 0 Å². The Kier molecular flexibility index (Phi) is 7.55. The Morgan fingerprint density at radius 3 is 1.67 bits per heavy atom. The highest BCUT2D eigenvalue weighted by molar-refractivity contribution is 6.11. The summed E-state index contributed by atoms with van der Waals surface area (Å²) in [6, 6.07) is 75.5. The van der Waals surface area contributed by atoms with E-state index in [1.807, 2.05) is 0 Å². The van der Waals surface area contributed by atoms with Crippen molar-refractivity contribution < 1.29 is 0 Å². The molecule has 0 saturated heterocycles. The lowest BCUT2D eigenvalue weighted by atomic mass is 9.82. The van der Waals surface area contributed by atoms with Crippen LogP contribution in [-0.2, 0) is 5.41 Å². The number of hydrogen-bond donors (Lipinski definition) is 0. The number of hydrogen-bond acceptors (Lipinski definition) is 1. The predicted molar refractivity (Wildman–Crippen MR) is 241 cm³/mol. The maximum absolute atomic E-state index is 2.45. The van der Waals surface area contributed by atoms with Gasteiger partial charge in [0.25, 0.3) is 0 Å². The van der Waals surface area contributed by atoms with Gasteiger partial charge >= 0.3 is 0 Å². The first kappa shape index (κ1) is 33.2. The largest absolute Gasteiger partial charge is 0.311 e. The molecular weight excluding hydrogens is 689 g/mol. The van der Waals surface area contributed by atoms with Crippen LogP contribution < -0.4 is 4.90 Å². The molecule has 1 aromatic heterocycles. The summed E-state index contributed by atoms with van der Waals surface area (Å²) in [7, 11) is 0. The first-order valence-electron chi connectivity index (χ1n) is 19.8. The zero-order valence-corrected chi connectivity index (χ0v) is 32.0. The van der Waals surface area contributed by atoms with Gasteiger partial charge in [-0.1, -0.05) is 147 Å². The number of nitrogens with zero attached hydrogens (tertiary/aromatic N) is 2. The number of rotatable bonds is 6. The van der Waals surface area contributed by atoms with Crippen LogP contribution >= 0.6 is 0 Å². The van der Waals surface area contributed by atoms with E-state index in [1.54, 1.807) is 0 Å². The van der Waals surface area contributed by atoms with E-state index in [1.165, 1.54) is 77.1 Å². The van der Waals surface area contributed by atoms with Crippen LogP contribution in [0.2, 0.25) is 0 Å².